The van der Waals surface area contributed by atoms with Crippen LogP contribution in [0.25, 0.3) is 5.78 Å². The molecule has 0 aromatic carbocycles. The van der Waals surface area contributed by atoms with Gasteiger partial charge < -0.3 is 24.0 Å². The summed E-state index contributed by atoms with van der Waals surface area (Å²) in [6.07, 6.45) is 0.657. The molecule has 0 spiro atoms. The van der Waals surface area contributed by atoms with Crippen LogP contribution < -0.4 is 10.5 Å². The minimum absolute atomic E-state index is 0.0233. The Kier molecular flexibility index (Phi) is 8.60. The molecule has 4 rings (SSSR count). The van der Waals surface area contributed by atoms with Crippen LogP contribution in [-0.2, 0) is 20.9 Å². The predicted octanol–water partition coefficient (Wildman–Crippen LogP) is 3.92. The van der Waals surface area contributed by atoms with Gasteiger partial charge in [-0.25, -0.2) is 4.79 Å². The number of epoxide rings is 1. The Morgan fingerprint density at radius 1 is 1.21 bits per heavy atom. The molecule has 0 saturated carbocycles. The lowest BCUT2D eigenvalue weighted by Gasteiger charge is -2.38. The molecular formula is C25H41BrN6O5Si. The van der Waals surface area contributed by atoms with E-state index in [0.717, 1.165) is 24.8 Å². The predicted molar refractivity (Wildman–Crippen MR) is 152 cm³/mol. The lowest BCUT2D eigenvalue weighted by Crippen LogP contribution is -2.52. The van der Waals surface area contributed by atoms with E-state index in [4.69, 9.17) is 14.2 Å². The molecule has 0 aliphatic carbocycles. The van der Waals surface area contributed by atoms with Crippen LogP contribution in [0, 0.1) is 0 Å². The number of ether oxygens (including phenoxy) is 3. The average Bonchev–Trinajstić information content (AvgIpc) is 3.53. The van der Waals surface area contributed by atoms with Gasteiger partial charge in [0.05, 0.1) is 18.4 Å². The summed E-state index contributed by atoms with van der Waals surface area (Å²) in [5.41, 5.74) is 0.675. The van der Waals surface area contributed by atoms with E-state index < -0.39 is 13.7 Å². The normalized spacial score (nSPS) is 19.2. The molecule has 38 heavy (non-hydrogen) atoms. The van der Waals surface area contributed by atoms with Gasteiger partial charge in [0.15, 0.2) is 0 Å². The average molecular weight is 614 g/mol. The SMILES string of the molecule is CC(CC1CO1)c1c(N2CCN(C(=O)OC(C)(C)C)CC2)c(=O)n2nc(Br)nc2n1COCC[Si](C)(C)C. The zero-order chi connectivity index (χ0) is 27.8. The summed E-state index contributed by atoms with van der Waals surface area (Å²) in [4.78, 5) is 34.8. The Hall–Kier alpha value is -1.96. The highest BCUT2D eigenvalue weighted by atomic mass is 79.9. The van der Waals surface area contributed by atoms with Crippen LogP contribution in [0.5, 0.6) is 0 Å². The fourth-order valence-corrected chi connectivity index (χ4v) is 5.72. The quantitative estimate of drug-likeness (QED) is 0.238. The summed E-state index contributed by atoms with van der Waals surface area (Å²) in [6.45, 7) is 18.3. The van der Waals surface area contributed by atoms with Crippen LogP contribution in [0.1, 0.15) is 45.7 Å². The number of amides is 1. The number of halogens is 1. The molecule has 0 bridgehead atoms. The van der Waals surface area contributed by atoms with Crippen LogP contribution in [0.2, 0.25) is 25.7 Å². The summed E-state index contributed by atoms with van der Waals surface area (Å²) in [5, 5.41) is 4.36. The van der Waals surface area contributed by atoms with Crippen molar-refractivity contribution in [1.29, 1.82) is 0 Å². The smallest absolute Gasteiger partial charge is 0.410 e. The number of anilines is 1. The number of carbonyl (C=O) groups is 1. The molecule has 2 aromatic rings. The number of hydrogen-bond donors (Lipinski definition) is 0. The molecule has 1 amide bonds. The van der Waals surface area contributed by atoms with Gasteiger partial charge in [0.1, 0.15) is 18.0 Å². The van der Waals surface area contributed by atoms with Crippen molar-refractivity contribution < 1.29 is 19.0 Å². The Labute approximate surface area is 233 Å². The van der Waals surface area contributed by atoms with Crippen molar-refractivity contribution in [2.45, 2.75) is 84.2 Å². The Bertz CT molecular complexity index is 1210. The Balaban J connectivity index is 1.68. The Morgan fingerprint density at radius 2 is 1.87 bits per heavy atom. The van der Waals surface area contributed by atoms with E-state index in [2.05, 4.69) is 57.5 Å². The number of piperazine rings is 1. The van der Waals surface area contributed by atoms with E-state index in [0.29, 0.717) is 49.0 Å². The highest BCUT2D eigenvalue weighted by Gasteiger charge is 2.34. The Morgan fingerprint density at radius 3 is 2.45 bits per heavy atom. The summed E-state index contributed by atoms with van der Waals surface area (Å²) >= 11 is 3.36. The molecule has 2 aliphatic heterocycles. The van der Waals surface area contributed by atoms with Crippen LogP contribution in [0.15, 0.2) is 9.53 Å². The van der Waals surface area contributed by atoms with Gasteiger partial charge in [-0.15, -0.1) is 5.10 Å². The van der Waals surface area contributed by atoms with Gasteiger partial charge in [0, 0.05) is 46.8 Å². The fourth-order valence-electron chi connectivity index (χ4n) is 4.64. The van der Waals surface area contributed by atoms with Crippen LogP contribution >= 0.6 is 15.9 Å². The van der Waals surface area contributed by atoms with E-state index in [9.17, 15) is 9.59 Å². The second-order valence-electron chi connectivity index (χ2n) is 12.5. The van der Waals surface area contributed by atoms with Gasteiger partial charge in [0.2, 0.25) is 10.5 Å². The maximum absolute atomic E-state index is 13.9. The standard InChI is InChI=1S/C25H41BrN6O5Si/c1-17(14-18-15-36-18)19-20(29-8-10-30(11-9-29)24(34)37-25(2,3)4)21(33)32-23(27-22(26)28-32)31(19)16-35-12-13-38(5,6)7/h17-18H,8-16H2,1-7H3. The molecule has 212 valence electrons. The highest BCUT2D eigenvalue weighted by molar-refractivity contribution is 9.10. The molecule has 2 aliphatic rings. The number of carbonyl (C=O) groups excluding carboxylic acids is 1. The van der Waals surface area contributed by atoms with Crippen molar-refractivity contribution >= 4 is 41.6 Å². The van der Waals surface area contributed by atoms with Crippen molar-refractivity contribution in [3.8, 4) is 0 Å². The first kappa shape index (κ1) is 29.0. The molecule has 13 heteroatoms. The molecule has 2 fully saturated rings. The summed E-state index contributed by atoms with van der Waals surface area (Å²) in [5.74, 6) is 0.472. The second-order valence-corrected chi connectivity index (χ2v) is 18.8. The van der Waals surface area contributed by atoms with Gasteiger partial charge in [-0.3, -0.25) is 9.36 Å². The van der Waals surface area contributed by atoms with Gasteiger partial charge >= 0.3 is 6.09 Å². The van der Waals surface area contributed by atoms with Crippen molar-refractivity contribution in [2.75, 3.05) is 44.3 Å². The summed E-state index contributed by atoms with van der Waals surface area (Å²) < 4.78 is 21.0. The first-order chi connectivity index (χ1) is 17.7. The maximum Gasteiger partial charge on any atom is 0.410 e. The largest absolute Gasteiger partial charge is 0.444 e. The zero-order valence-electron chi connectivity index (χ0n) is 23.6. The minimum atomic E-state index is -1.26. The van der Waals surface area contributed by atoms with Gasteiger partial charge in [-0.2, -0.15) is 9.50 Å². The summed E-state index contributed by atoms with van der Waals surface area (Å²) in [7, 11) is -1.26. The molecule has 0 radical (unpaired) electrons. The second kappa shape index (κ2) is 11.3. The molecule has 0 N–H and O–H groups in total. The maximum atomic E-state index is 13.9. The first-order valence-electron chi connectivity index (χ1n) is 13.3. The van der Waals surface area contributed by atoms with E-state index in [1.807, 2.05) is 25.3 Å². The third-order valence-electron chi connectivity index (χ3n) is 6.68. The third kappa shape index (κ3) is 7.16. The topological polar surface area (TPSA) is 107 Å². The monoisotopic (exact) mass is 612 g/mol. The van der Waals surface area contributed by atoms with Crippen molar-refractivity contribution in [3.05, 3.63) is 20.8 Å². The van der Waals surface area contributed by atoms with Crippen LogP contribution in [-0.4, -0.2) is 89.3 Å². The highest BCUT2D eigenvalue weighted by Crippen LogP contribution is 2.33. The number of nitrogens with zero attached hydrogens (tertiary/aromatic N) is 6. The number of rotatable bonds is 9. The van der Waals surface area contributed by atoms with E-state index >= 15 is 0 Å². The number of hydrogen-bond acceptors (Lipinski definition) is 8. The minimum Gasteiger partial charge on any atom is -0.444 e. The van der Waals surface area contributed by atoms with Gasteiger partial charge in [-0.05, 0) is 49.2 Å². The fraction of sp³-hybridized carbons (Fsp3) is 0.760. The van der Waals surface area contributed by atoms with Gasteiger partial charge in [-0.1, -0.05) is 26.6 Å². The first-order valence-corrected chi connectivity index (χ1v) is 17.8. The lowest BCUT2D eigenvalue weighted by molar-refractivity contribution is 0.0240. The van der Waals surface area contributed by atoms with E-state index in [1.54, 1.807) is 4.90 Å². The molecule has 11 nitrogen and oxygen atoms in total. The number of fused-ring (bicyclic) bond motifs is 1. The molecule has 2 unspecified atom stereocenters. The third-order valence-corrected chi connectivity index (χ3v) is 8.72. The lowest BCUT2D eigenvalue weighted by atomic mass is 9.99. The molecule has 4 heterocycles. The molecule has 2 saturated heterocycles. The van der Waals surface area contributed by atoms with Crippen LogP contribution in [0.4, 0.5) is 10.5 Å². The van der Waals surface area contributed by atoms with E-state index in [-0.39, 0.29) is 30.4 Å². The van der Waals surface area contributed by atoms with Gasteiger partial charge in [0.25, 0.3) is 5.56 Å². The molecular weight excluding hydrogens is 572 g/mol. The van der Waals surface area contributed by atoms with Crippen molar-refractivity contribution in [1.82, 2.24) is 24.1 Å². The number of aromatic nitrogens is 4. The van der Waals surface area contributed by atoms with Crippen molar-refractivity contribution in [2.24, 2.45) is 0 Å². The summed E-state index contributed by atoms with van der Waals surface area (Å²) in [6, 6.07) is 1.04. The molecule has 2 aromatic heterocycles. The van der Waals surface area contributed by atoms with Crippen molar-refractivity contribution in [3.63, 3.8) is 0 Å². The molecule has 2 atom stereocenters. The zero-order valence-corrected chi connectivity index (χ0v) is 26.2. The van der Waals surface area contributed by atoms with Crippen LogP contribution in [0.3, 0.4) is 0 Å². The van der Waals surface area contributed by atoms with E-state index in [1.165, 1.54) is 4.52 Å².